The summed E-state index contributed by atoms with van der Waals surface area (Å²) in [6.07, 6.45) is 16.5. The van der Waals surface area contributed by atoms with E-state index in [1.807, 2.05) is 0 Å². The van der Waals surface area contributed by atoms with Crippen molar-refractivity contribution in [3.05, 3.63) is 24.5 Å². The first-order valence-electron chi connectivity index (χ1n) is 9.07. The van der Waals surface area contributed by atoms with E-state index in [4.69, 9.17) is 0 Å². The Bertz CT molecular complexity index is 498. The molecule has 5 aliphatic rings. The highest BCUT2D eigenvalue weighted by molar-refractivity contribution is 5.44. The molecule has 0 N–H and O–H groups in total. The van der Waals surface area contributed by atoms with E-state index in [-0.39, 0.29) is 24.0 Å². The molecule has 0 radical (unpaired) electrons. The standard InChI is InChI=1S/C19H27N2.HI/c1-2-6-20(5-1)18-3-7-21(8-4-18)19-12-15-9-16(13-19)11-17(10-15)14-19;/h3-4,7-8,15-17H,1-2,5-6,9-14H2;1H/q+1;/p-1. The Balaban J connectivity index is 0.00000125. The van der Waals surface area contributed by atoms with Gasteiger partial charge in [0.2, 0.25) is 0 Å². The van der Waals surface area contributed by atoms with Crippen molar-refractivity contribution in [1.82, 2.24) is 0 Å². The number of hydrogen-bond donors (Lipinski definition) is 0. The first-order chi connectivity index (χ1) is 10.3. The highest BCUT2D eigenvalue weighted by Crippen LogP contribution is 2.56. The number of anilines is 1. The van der Waals surface area contributed by atoms with E-state index in [9.17, 15) is 0 Å². The van der Waals surface area contributed by atoms with Crippen molar-refractivity contribution in [2.45, 2.75) is 56.9 Å². The van der Waals surface area contributed by atoms with Crippen molar-refractivity contribution in [3.63, 3.8) is 0 Å². The molecule has 1 saturated heterocycles. The van der Waals surface area contributed by atoms with Crippen molar-refractivity contribution >= 4 is 5.69 Å². The van der Waals surface area contributed by atoms with Gasteiger partial charge in [0.25, 0.3) is 0 Å². The molecule has 4 aliphatic carbocycles. The second kappa shape index (κ2) is 5.64. The van der Waals surface area contributed by atoms with Crippen LogP contribution in [-0.4, -0.2) is 13.1 Å². The molecule has 0 unspecified atom stereocenters. The van der Waals surface area contributed by atoms with Crippen LogP contribution < -0.4 is 33.4 Å². The first kappa shape index (κ1) is 15.2. The number of hydrogen-bond acceptors (Lipinski definition) is 1. The predicted octanol–water partition coefficient (Wildman–Crippen LogP) is 0.504. The topological polar surface area (TPSA) is 7.12 Å². The molecule has 120 valence electrons. The van der Waals surface area contributed by atoms with Crippen LogP contribution in [0.5, 0.6) is 0 Å². The van der Waals surface area contributed by atoms with Gasteiger partial charge in [-0.2, -0.15) is 4.57 Å². The number of pyridine rings is 1. The third-order valence-electron chi connectivity index (χ3n) is 6.84. The average Bonchev–Trinajstić information content (AvgIpc) is 3.00. The Morgan fingerprint density at radius 2 is 1.36 bits per heavy atom. The molecule has 3 heteroatoms. The third-order valence-corrected chi connectivity index (χ3v) is 6.84. The van der Waals surface area contributed by atoms with Crippen molar-refractivity contribution in [2.24, 2.45) is 17.8 Å². The lowest BCUT2D eigenvalue weighted by molar-refractivity contribution is -0.776. The van der Waals surface area contributed by atoms with Gasteiger partial charge in [0.15, 0.2) is 17.9 Å². The monoisotopic (exact) mass is 410 g/mol. The average molecular weight is 410 g/mol. The van der Waals surface area contributed by atoms with Gasteiger partial charge < -0.3 is 28.9 Å². The van der Waals surface area contributed by atoms with Crippen LogP contribution >= 0.6 is 0 Å². The molecular weight excluding hydrogens is 383 g/mol. The van der Waals surface area contributed by atoms with Crippen LogP contribution in [0.15, 0.2) is 24.5 Å². The van der Waals surface area contributed by atoms with Crippen LogP contribution in [0.1, 0.15) is 51.4 Å². The van der Waals surface area contributed by atoms with Gasteiger partial charge in [-0.25, -0.2) is 0 Å². The van der Waals surface area contributed by atoms with Gasteiger partial charge in [-0.3, -0.25) is 0 Å². The molecule has 2 nitrogen and oxygen atoms in total. The molecule has 6 rings (SSSR count). The zero-order chi connectivity index (χ0) is 13.9. The van der Waals surface area contributed by atoms with E-state index in [1.54, 1.807) is 0 Å². The zero-order valence-corrected chi connectivity index (χ0v) is 15.5. The minimum absolute atomic E-state index is 0. The lowest BCUT2D eigenvalue weighted by Crippen LogP contribution is -3.00. The maximum absolute atomic E-state index is 2.61. The van der Waals surface area contributed by atoms with Gasteiger partial charge in [-0.1, -0.05) is 0 Å². The van der Waals surface area contributed by atoms with Gasteiger partial charge in [0, 0.05) is 50.2 Å². The summed E-state index contributed by atoms with van der Waals surface area (Å²) < 4.78 is 2.61. The Hall–Kier alpha value is -0.320. The number of nitrogens with zero attached hydrogens (tertiary/aromatic N) is 2. The van der Waals surface area contributed by atoms with Crippen molar-refractivity contribution in [2.75, 3.05) is 18.0 Å². The minimum Gasteiger partial charge on any atom is -1.00 e. The third kappa shape index (κ3) is 2.38. The van der Waals surface area contributed by atoms with Gasteiger partial charge in [0.1, 0.15) is 0 Å². The molecule has 5 fully saturated rings. The lowest BCUT2D eigenvalue weighted by Gasteiger charge is -2.53. The van der Waals surface area contributed by atoms with Crippen LogP contribution in [0.4, 0.5) is 5.69 Å². The molecular formula is C19H27IN2. The normalized spacial score (nSPS) is 39.1. The highest BCUT2D eigenvalue weighted by atomic mass is 127. The summed E-state index contributed by atoms with van der Waals surface area (Å²) in [7, 11) is 0. The van der Waals surface area contributed by atoms with E-state index in [0.29, 0.717) is 5.54 Å². The van der Waals surface area contributed by atoms with Gasteiger partial charge in [-0.15, -0.1) is 0 Å². The summed E-state index contributed by atoms with van der Waals surface area (Å²) in [5.41, 5.74) is 1.92. The molecule has 1 aliphatic heterocycles. The second-order valence-electron chi connectivity index (χ2n) is 8.30. The number of halogens is 1. The Kier molecular flexibility index (Phi) is 3.90. The van der Waals surface area contributed by atoms with Gasteiger partial charge in [0.05, 0.1) is 0 Å². The largest absolute Gasteiger partial charge is 1.00 e. The van der Waals surface area contributed by atoms with Crippen molar-refractivity contribution in [3.8, 4) is 0 Å². The van der Waals surface area contributed by atoms with E-state index >= 15 is 0 Å². The molecule has 1 aromatic heterocycles. The van der Waals surface area contributed by atoms with Crippen molar-refractivity contribution in [1.29, 1.82) is 0 Å². The molecule has 1 aromatic rings. The molecule has 4 bridgehead atoms. The van der Waals surface area contributed by atoms with E-state index < -0.39 is 0 Å². The fourth-order valence-corrected chi connectivity index (χ4v) is 6.30. The van der Waals surface area contributed by atoms with Crippen LogP contribution in [-0.2, 0) is 5.54 Å². The molecule has 4 saturated carbocycles. The molecule has 2 heterocycles. The predicted molar refractivity (Wildman–Crippen MR) is 84.2 cm³/mol. The van der Waals surface area contributed by atoms with E-state index in [0.717, 1.165) is 17.8 Å². The van der Waals surface area contributed by atoms with Gasteiger partial charge >= 0.3 is 0 Å². The summed E-state index contributed by atoms with van der Waals surface area (Å²) in [4.78, 5) is 2.55. The quantitative estimate of drug-likeness (QED) is 0.509. The number of aromatic nitrogens is 1. The maximum atomic E-state index is 2.61. The van der Waals surface area contributed by atoms with Crippen molar-refractivity contribution < 1.29 is 28.5 Å². The highest BCUT2D eigenvalue weighted by Gasteiger charge is 2.56. The summed E-state index contributed by atoms with van der Waals surface area (Å²) in [5, 5.41) is 0. The fraction of sp³-hybridized carbons (Fsp3) is 0.737. The SMILES string of the molecule is [I-].c1c[n+](C23CC4CC(CC(C4)C2)C3)ccc1N1CCCC1. The Labute approximate surface area is 151 Å². The molecule has 0 amide bonds. The van der Waals surface area contributed by atoms with Gasteiger partial charge in [-0.05, 0) is 49.9 Å². The lowest BCUT2D eigenvalue weighted by atomic mass is 9.53. The van der Waals surface area contributed by atoms with Crippen LogP contribution in [0, 0.1) is 17.8 Å². The summed E-state index contributed by atoms with van der Waals surface area (Å²) in [6, 6.07) is 4.76. The second-order valence-corrected chi connectivity index (χ2v) is 8.30. The minimum atomic E-state index is 0. The van der Waals surface area contributed by atoms with E-state index in [2.05, 4.69) is 34.0 Å². The first-order valence-corrected chi connectivity index (χ1v) is 9.07. The van der Waals surface area contributed by atoms with Crippen LogP contribution in [0.25, 0.3) is 0 Å². The maximum Gasteiger partial charge on any atom is 0.171 e. The van der Waals surface area contributed by atoms with Crippen LogP contribution in [0.2, 0.25) is 0 Å². The fourth-order valence-electron chi connectivity index (χ4n) is 6.30. The summed E-state index contributed by atoms with van der Waals surface area (Å²) in [6.45, 7) is 2.50. The Morgan fingerprint density at radius 1 is 0.864 bits per heavy atom. The zero-order valence-electron chi connectivity index (χ0n) is 13.4. The number of rotatable bonds is 2. The van der Waals surface area contributed by atoms with Crippen LogP contribution in [0.3, 0.4) is 0 Å². The molecule has 0 aromatic carbocycles. The summed E-state index contributed by atoms with van der Waals surface area (Å²) in [5.74, 6) is 3.09. The smallest absolute Gasteiger partial charge is 0.171 e. The van der Waals surface area contributed by atoms with E-state index in [1.165, 1.54) is 70.1 Å². The molecule has 0 atom stereocenters. The summed E-state index contributed by atoms with van der Waals surface area (Å²) >= 11 is 0. The Morgan fingerprint density at radius 3 is 1.86 bits per heavy atom. The molecule has 22 heavy (non-hydrogen) atoms. The molecule has 0 spiro atoms.